The van der Waals surface area contributed by atoms with Gasteiger partial charge in [0.2, 0.25) is 0 Å². The van der Waals surface area contributed by atoms with Crippen LogP contribution in [0.1, 0.15) is 26.7 Å². The first-order valence-corrected chi connectivity index (χ1v) is 4.51. The van der Waals surface area contributed by atoms with Gasteiger partial charge in [-0.3, -0.25) is 4.55 Å². The minimum Gasteiger partial charge on any atom is -0.285 e. The maximum absolute atomic E-state index is 10.6. The topological polar surface area (TPSA) is 54.4 Å². The van der Waals surface area contributed by atoms with E-state index in [4.69, 9.17) is 4.55 Å². The number of rotatable bonds is 3. The molecule has 10 heavy (non-hydrogen) atoms. The van der Waals surface area contributed by atoms with E-state index in [-0.39, 0.29) is 0 Å². The van der Waals surface area contributed by atoms with Crippen LogP contribution >= 0.6 is 0 Å². The van der Waals surface area contributed by atoms with Gasteiger partial charge in [0.15, 0.2) is 0 Å². The van der Waals surface area contributed by atoms with Crippen LogP contribution in [0.3, 0.4) is 0 Å². The third kappa shape index (κ3) is 2.27. The molecule has 4 heteroatoms. The van der Waals surface area contributed by atoms with Gasteiger partial charge >= 0.3 is 0 Å². The molecule has 0 aliphatic rings. The molecule has 0 aromatic carbocycles. The maximum atomic E-state index is 10.6. The highest BCUT2D eigenvalue weighted by Gasteiger charge is 2.30. The summed E-state index contributed by atoms with van der Waals surface area (Å²) in [7, 11) is -3.90. The van der Waals surface area contributed by atoms with Crippen LogP contribution < -0.4 is 0 Å². The minimum atomic E-state index is -3.90. The van der Waals surface area contributed by atoms with E-state index in [0.717, 1.165) is 0 Å². The molecule has 0 aliphatic carbocycles. The molecule has 0 unspecified atom stereocenters. The van der Waals surface area contributed by atoms with Gasteiger partial charge < -0.3 is 0 Å². The van der Waals surface area contributed by atoms with Gasteiger partial charge in [0.1, 0.15) is 0 Å². The molecule has 1 N–H and O–H groups in total. The second-order valence-corrected chi connectivity index (χ2v) is 4.89. The molecular weight excluding hydrogens is 152 g/mol. The second kappa shape index (κ2) is 2.88. The molecule has 1 radical (unpaired) electrons. The van der Waals surface area contributed by atoms with Gasteiger partial charge in [-0.05, 0) is 20.3 Å². The molecule has 0 rings (SSSR count). The van der Waals surface area contributed by atoms with E-state index < -0.39 is 14.9 Å². The Morgan fingerprint density at radius 2 is 1.90 bits per heavy atom. The second-order valence-electron chi connectivity index (χ2n) is 2.84. The van der Waals surface area contributed by atoms with Gasteiger partial charge in [0.05, 0.1) is 4.75 Å². The van der Waals surface area contributed by atoms with Crippen LogP contribution in [0.2, 0.25) is 0 Å². The lowest BCUT2D eigenvalue weighted by Crippen LogP contribution is -2.30. The molecule has 0 saturated carbocycles. The van der Waals surface area contributed by atoms with Crippen molar-refractivity contribution in [3.63, 3.8) is 0 Å². The molecule has 0 aliphatic heterocycles. The van der Waals surface area contributed by atoms with Crippen LogP contribution in [-0.2, 0) is 10.1 Å². The van der Waals surface area contributed by atoms with Crippen molar-refractivity contribution in [3.05, 3.63) is 6.92 Å². The normalized spacial score (nSPS) is 13.6. The van der Waals surface area contributed by atoms with Crippen LogP contribution in [-0.4, -0.2) is 17.7 Å². The van der Waals surface area contributed by atoms with E-state index in [1.165, 1.54) is 13.8 Å². The first kappa shape index (κ1) is 9.91. The third-order valence-corrected chi connectivity index (χ3v) is 3.08. The standard InChI is InChI=1S/C6H13O3S/c1-4-5-6(2,3)10(7,8)9/h1,4-5H2,2-3H3,(H,7,8,9). The Balaban J connectivity index is 4.42. The summed E-state index contributed by atoms with van der Waals surface area (Å²) in [5.41, 5.74) is 0. The van der Waals surface area contributed by atoms with Gasteiger partial charge in [-0.1, -0.05) is 13.3 Å². The van der Waals surface area contributed by atoms with Crippen LogP contribution in [0.15, 0.2) is 0 Å². The molecular formula is C6H13O3S. The maximum Gasteiger partial charge on any atom is 0.270 e. The summed E-state index contributed by atoms with van der Waals surface area (Å²) in [6.45, 7) is 6.47. The van der Waals surface area contributed by atoms with Crippen molar-refractivity contribution >= 4 is 10.1 Å². The summed E-state index contributed by atoms with van der Waals surface area (Å²) in [4.78, 5) is 0. The first-order chi connectivity index (χ1) is 4.31. The number of hydrogen-bond donors (Lipinski definition) is 1. The lowest BCUT2D eigenvalue weighted by molar-refractivity contribution is 0.432. The Hall–Kier alpha value is -0.0900. The molecule has 3 nitrogen and oxygen atoms in total. The molecule has 0 fully saturated rings. The largest absolute Gasteiger partial charge is 0.285 e. The van der Waals surface area contributed by atoms with Gasteiger partial charge in [-0.2, -0.15) is 8.42 Å². The van der Waals surface area contributed by atoms with Crippen molar-refractivity contribution < 1.29 is 13.0 Å². The van der Waals surface area contributed by atoms with E-state index in [9.17, 15) is 8.42 Å². The van der Waals surface area contributed by atoms with Crippen molar-refractivity contribution in [2.45, 2.75) is 31.4 Å². The van der Waals surface area contributed by atoms with Crippen molar-refractivity contribution in [3.8, 4) is 0 Å². The summed E-state index contributed by atoms with van der Waals surface area (Å²) in [6.07, 6.45) is 0.888. The molecule has 0 atom stereocenters. The Morgan fingerprint density at radius 1 is 1.50 bits per heavy atom. The molecule has 0 bridgehead atoms. The zero-order valence-corrected chi connectivity index (χ0v) is 7.11. The highest BCUT2D eigenvalue weighted by Crippen LogP contribution is 2.20. The average Bonchev–Trinajstić information content (AvgIpc) is 1.61. The quantitative estimate of drug-likeness (QED) is 0.641. The van der Waals surface area contributed by atoms with Crippen LogP contribution in [0.5, 0.6) is 0 Å². The summed E-state index contributed by atoms with van der Waals surface area (Å²) in [5.74, 6) is 0. The van der Waals surface area contributed by atoms with Gasteiger partial charge in [0.25, 0.3) is 10.1 Å². The van der Waals surface area contributed by atoms with Gasteiger partial charge in [-0.15, -0.1) is 0 Å². The van der Waals surface area contributed by atoms with Crippen molar-refractivity contribution in [2.24, 2.45) is 0 Å². The van der Waals surface area contributed by atoms with Crippen LogP contribution in [0, 0.1) is 6.92 Å². The summed E-state index contributed by atoms with van der Waals surface area (Å²) in [5, 5.41) is 0. The fraction of sp³-hybridized carbons (Fsp3) is 0.833. The molecule has 0 spiro atoms. The predicted molar refractivity (Wildman–Crippen MR) is 40.2 cm³/mol. The summed E-state index contributed by atoms with van der Waals surface area (Å²) < 4.78 is 28.7. The summed E-state index contributed by atoms with van der Waals surface area (Å²) in [6, 6.07) is 0. The highest BCUT2D eigenvalue weighted by atomic mass is 32.2. The minimum absolute atomic E-state index is 0.381. The predicted octanol–water partition coefficient (Wildman–Crippen LogP) is 1.27. The Bertz CT molecular complexity index is 191. The van der Waals surface area contributed by atoms with E-state index in [2.05, 4.69) is 6.92 Å². The van der Waals surface area contributed by atoms with Gasteiger partial charge in [-0.25, -0.2) is 0 Å². The fourth-order valence-electron chi connectivity index (χ4n) is 0.555. The van der Waals surface area contributed by atoms with Crippen molar-refractivity contribution in [1.29, 1.82) is 0 Å². The zero-order valence-electron chi connectivity index (χ0n) is 6.29. The first-order valence-electron chi connectivity index (χ1n) is 3.07. The molecule has 0 aromatic rings. The molecule has 0 saturated heterocycles. The monoisotopic (exact) mass is 165 g/mol. The van der Waals surface area contributed by atoms with Crippen molar-refractivity contribution in [2.75, 3.05) is 0 Å². The van der Waals surface area contributed by atoms with E-state index in [1.54, 1.807) is 0 Å². The third-order valence-electron chi connectivity index (χ3n) is 1.48. The molecule has 0 aromatic heterocycles. The summed E-state index contributed by atoms with van der Waals surface area (Å²) >= 11 is 0. The molecule has 0 heterocycles. The average molecular weight is 165 g/mol. The van der Waals surface area contributed by atoms with Gasteiger partial charge in [0, 0.05) is 0 Å². The fourth-order valence-corrected chi connectivity index (χ4v) is 0.957. The van der Waals surface area contributed by atoms with E-state index >= 15 is 0 Å². The zero-order chi connectivity index (χ0) is 8.41. The van der Waals surface area contributed by atoms with Crippen LogP contribution in [0.4, 0.5) is 0 Å². The lowest BCUT2D eigenvalue weighted by Gasteiger charge is -2.18. The highest BCUT2D eigenvalue weighted by molar-refractivity contribution is 7.87. The Labute approximate surface area is 62.2 Å². The SMILES string of the molecule is [CH2]CCC(C)(C)S(=O)(=O)O. The number of hydrogen-bond acceptors (Lipinski definition) is 2. The van der Waals surface area contributed by atoms with E-state index in [0.29, 0.717) is 12.8 Å². The molecule has 61 valence electrons. The lowest BCUT2D eigenvalue weighted by atomic mass is 10.1. The van der Waals surface area contributed by atoms with Crippen molar-refractivity contribution in [1.82, 2.24) is 0 Å². The van der Waals surface area contributed by atoms with E-state index in [1.807, 2.05) is 0 Å². The Kier molecular flexibility index (Phi) is 2.86. The molecule has 0 amide bonds. The smallest absolute Gasteiger partial charge is 0.270 e. The van der Waals surface area contributed by atoms with Crippen LogP contribution in [0.25, 0.3) is 0 Å². The Morgan fingerprint density at radius 3 is 2.00 bits per heavy atom.